The molecule has 0 aromatic carbocycles. The number of aromatic nitrogens is 4. The fourth-order valence-electron chi connectivity index (χ4n) is 3.32. The number of carbonyl (C=O) groups excluding carboxylic acids is 2. The van der Waals surface area contributed by atoms with Crippen LogP contribution in [0, 0.1) is 0 Å². The number of rotatable bonds is 7. The first kappa shape index (κ1) is 20.9. The molecule has 1 fully saturated rings. The summed E-state index contributed by atoms with van der Waals surface area (Å²) in [5.41, 5.74) is 0.621. The number of β-lactam (4-membered cyclic amide) rings is 1. The molecule has 10 nitrogen and oxygen atoms in total. The molecule has 2 aliphatic rings. The van der Waals surface area contributed by atoms with Gasteiger partial charge in [-0.3, -0.25) is 14.5 Å². The molecule has 0 saturated carbocycles. The Morgan fingerprint density at radius 2 is 2.20 bits per heavy atom. The van der Waals surface area contributed by atoms with Crippen LogP contribution in [0.3, 0.4) is 0 Å². The van der Waals surface area contributed by atoms with Crippen molar-refractivity contribution < 1.29 is 19.5 Å². The molecule has 2 N–H and O–H groups in total. The standard InChI is InChI=1S/C17H18N6O4S3/c1-8-10(7-29-17-19-20-21-22(17)2)13(16(26)27)23-14(25)12(15(23)30-8)18-11(24)6-9-4-3-5-28-9/h3-5,8,12,15H,6-7H2,1-2H3,(H,18,24)(H,26,27)/t8-,12?,15+/m0/s1. The Bertz CT molecular complexity index is 1020. The van der Waals surface area contributed by atoms with Crippen molar-refractivity contribution in [3.05, 3.63) is 33.7 Å². The third-order valence-electron chi connectivity index (χ3n) is 4.79. The highest BCUT2D eigenvalue weighted by molar-refractivity contribution is 8.01. The van der Waals surface area contributed by atoms with E-state index in [1.165, 1.54) is 44.4 Å². The van der Waals surface area contributed by atoms with Gasteiger partial charge >= 0.3 is 5.97 Å². The molecule has 4 heterocycles. The number of tetrazole rings is 1. The van der Waals surface area contributed by atoms with Crippen LogP contribution < -0.4 is 5.32 Å². The lowest BCUT2D eigenvalue weighted by Gasteiger charge is -2.51. The number of carboxylic acid groups (broad SMARTS) is 1. The Morgan fingerprint density at radius 3 is 2.83 bits per heavy atom. The normalized spacial score (nSPS) is 23.2. The summed E-state index contributed by atoms with van der Waals surface area (Å²) in [5, 5.41) is 25.7. The smallest absolute Gasteiger partial charge is 0.352 e. The van der Waals surface area contributed by atoms with Crippen molar-refractivity contribution in [2.24, 2.45) is 7.05 Å². The maximum absolute atomic E-state index is 12.7. The summed E-state index contributed by atoms with van der Waals surface area (Å²) in [7, 11) is 1.70. The van der Waals surface area contributed by atoms with Gasteiger partial charge in [-0.25, -0.2) is 9.48 Å². The summed E-state index contributed by atoms with van der Waals surface area (Å²) in [6.45, 7) is 1.91. The summed E-state index contributed by atoms with van der Waals surface area (Å²) in [6, 6.07) is 3.00. The zero-order valence-corrected chi connectivity index (χ0v) is 18.5. The van der Waals surface area contributed by atoms with E-state index < -0.39 is 23.3 Å². The van der Waals surface area contributed by atoms with E-state index in [2.05, 4.69) is 20.8 Å². The molecule has 2 aromatic rings. The molecule has 3 atom stereocenters. The minimum Gasteiger partial charge on any atom is -0.477 e. The topological polar surface area (TPSA) is 130 Å². The van der Waals surface area contributed by atoms with Gasteiger partial charge in [0.05, 0.1) is 6.42 Å². The molecule has 158 valence electrons. The van der Waals surface area contributed by atoms with E-state index in [1.54, 1.807) is 7.05 Å². The van der Waals surface area contributed by atoms with Crippen LogP contribution in [0.4, 0.5) is 0 Å². The Balaban J connectivity index is 1.49. The second-order valence-electron chi connectivity index (χ2n) is 6.73. The minimum absolute atomic E-state index is 0.0115. The Hall–Kier alpha value is -2.38. The number of carbonyl (C=O) groups is 3. The van der Waals surface area contributed by atoms with Crippen molar-refractivity contribution in [2.45, 2.75) is 35.2 Å². The second kappa shape index (κ2) is 8.40. The maximum atomic E-state index is 12.7. The van der Waals surface area contributed by atoms with Crippen LogP contribution in [0.2, 0.25) is 0 Å². The predicted octanol–water partition coefficient (Wildman–Crippen LogP) is 0.733. The van der Waals surface area contributed by atoms with E-state index in [9.17, 15) is 19.5 Å². The average Bonchev–Trinajstić information content (AvgIpc) is 3.36. The first-order valence-corrected chi connectivity index (χ1v) is 11.8. The fraction of sp³-hybridized carbons (Fsp3) is 0.412. The molecule has 2 amide bonds. The number of fused-ring (bicyclic) bond motifs is 1. The van der Waals surface area contributed by atoms with Crippen molar-refractivity contribution in [2.75, 3.05) is 5.75 Å². The van der Waals surface area contributed by atoms with Gasteiger partial charge in [0.15, 0.2) is 0 Å². The molecule has 2 aromatic heterocycles. The molecule has 0 spiro atoms. The second-order valence-corrected chi connectivity index (χ2v) is 10.2. The molecule has 1 saturated heterocycles. The first-order chi connectivity index (χ1) is 14.4. The number of carboxylic acids is 1. The molecule has 0 aliphatic carbocycles. The zero-order valence-electron chi connectivity index (χ0n) is 16.0. The summed E-state index contributed by atoms with van der Waals surface area (Å²) in [5.74, 6) is -1.47. The Kier molecular flexibility index (Phi) is 5.84. The monoisotopic (exact) mass is 466 g/mol. The molecule has 13 heteroatoms. The summed E-state index contributed by atoms with van der Waals surface area (Å²) >= 11 is 4.25. The number of amides is 2. The Labute approximate surface area is 184 Å². The van der Waals surface area contributed by atoms with Crippen LogP contribution in [-0.4, -0.2) is 70.4 Å². The number of aliphatic carboxylic acids is 1. The highest BCUT2D eigenvalue weighted by Gasteiger charge is 2.55. The summed E-state index contributed by atoms with van der Waals surface area (Å²) in [4.78, 5) is 39.3. The van der Waals surface area contributed by atoms with E-state index in [4.69, 9.17) is 0 Å². The van der Waals surface area contributed by atoms with Gasteiger partial charge in [0, 0.05) is 22.9 Å². The van der Waals surface area contributed by atoms with Crippen LogP contribution in [0.25, 0.3) is 0 Å². The zero-order chi connectivity index (χ0) is 21.4. The number of nitrogens with one attached hydrogen (secondary N) is 1. The van der Waals surface area contributed by atoms with E-state index >= 15 is 0 Å². The molecule has 0 bridgehead atoms. The molecular weight excluding hydrogens is 448 g/mol. The van der Waals surface area contributed by atoms with Gasteiger partial charge in [0.2, 0.25) is 11.1 Å². The fourth-order valence-corrected chi connectivity index (χ4v) is 6.57. The van der Waals surface area contributed by atoms with E-state index in [0.717, 1.165) is 4.88 Å². The van der Waals surface area contributed by atoms with Gasteiger partial charge in [0.25, 0.3) is 5.91 Å². The number of thiophene rings is 1. The van der Waals surface area contributed by atoms with Gasteiger partial charge in [-0.2, -0.15) is 0 Å². The molecule has 30 heavy (non-hydrogen) atoms. The van der Waals surface area contributed by atoms with Crippen LogP contribution in [0.1, 0.15) is 11.8 Å². The lowest BCUT2D eigenvalue weighted by molar-refractivity contribution is -0.150. The van der Waals surface area contributed by atoms with Crippen LogP contribution in [-0.2, 0) is 27.9 Å². The highest BCUT2D eigenvalue weighted by atomic mass is 32.2. The average molecular weight is 467 g/mol. The van der Waals surface area contributed by atoms with Gasteiger partial charge in [-0.1, -0.05) is 17.8 Å². The third-order valence-corrected chi connectivity index (χ3v) is 8.18. The van der Waals surface area contributed by atoms with Crippen LogP contribution in [0.5, 0.6) is 0 Å². The number of aryl methyl sites for hydroxylation is 1. The molecule has 2 aliphatic heterocycles. The molecule has 4 rings (SSSR count). The summed E-state index contributed by atoms with van der Waals surface area (Å²) in [6.07, 6.45) is 0.198. The van der Waals surface area contributed by atoms with Crippen molar-refractivity contribution in [3.8, 4) is 0 Å². The SMILES string of the molecule is C[C@@H]1S[C@@H]2C(NC(=O)Cc3cccs3)C(=O)N2C(C(=O)O)=C1CSc1nnnn1C. The van der Waals surface area contributed by atoms with Crippen molar-refractivity contribution in [3.63, 3.8) is 0 Å². The largest absolute Gasteiger partial charge is 0.477 e. The molecule has 0 radical (unpaired) electrons. The van der Waals surface area contributed by atoms with Crippen molar-refractivity contribution in [1.29, 1.82) is 0 Å². The van der Waals surface area contributed by atoms with Gasteiger partial charge in [0.1, 0.15) is 17.1 Å². The van der Waals surface area contributed by atoms with Crippen molar-refractivity contribution in [1.82, 2.24) is 30.4 Å². The first-order valence-electron chi connectivity index (χ1n) is 8.98. The number of thioether (sulfide) groups is 2. The van der Waals surface area contributed by atoms with Gasteiger partial charge < -0.3 is 10.4 Å². The van der Waals surface area contributed by atoms with E-state index in [-0.39, 0.29) is 23.3 Å². The van der Waals surface area contributed by atoms with Crippen LogP contribution >= 0.6 is 34.9 Å². The number of hydrogen-bond donors (Lipinski definition) is 2. The molecular formula is C17H18N6O4S3. The number of hydrogen-bond acceptors (Lipinski definition) is 9. The van der Waals surface area contributed by atoms with E-state index in [1.807, 2.05) is 24.4 Å². The number of nitrogens with zero attached hydrogens (tertiary/aromatic N) is 5. The lowest BCUT2D eigenvalue weighted by atomic mass is 10.0. The summed E-state index contributed by atoms with van der Waals surface area (Å²) < 4.78 is 1.50. The predicted molar refractivity (Wildman–Crippen MR) is 112 cm³/mol. The Morgan fingerprint density at radius 1 is 1.40 bits per heavy atom. The minimum atomic E-state index is -1.16. The highest BCUT2D eigenvalue weighted by Crippen LogP contribution is 2.45. The third kappa shape index (κ3) is 3.84. The van der Waals surface area contributed by atoms with Gasteiger partial charge in [-0.15, -0.1) is 28.2 Å². The molecule has 1 unspecified atom stereocenters. The lowest BCUT2D eigenvalue weighted by Crippen LogP contribution is -2.71. The van der Waals surface area contributed by atoms with Gasteiger partial charge in [-0.05, 0) is 34.4 Å². The van der Waals surface area contributed by atoms with Crippen molar-refractivity contribution >= 4 is 52.6 Å². The maximum Gasteiger partial charge on any atom is 0.352 e. The quantitative estimate of drug-likeness (QED) is 0.448. The van der Waals surface area contributed by atoms with Crippen LogP contribution in [0.15, 0.2) is 33.9 Å². The van der Waals surface area contributed by atoms with E-state index in [0.29, 0.717) is 16.5 Å².